The molecule has 0 bridgehead atoms. The summed E-state index contributed by atoms with van der Waals surface area (Å²) in [6.45, 7) is 1.61. The summed E-state index contributed by atoms with van der Waals surface area (Å²) in [6, 6.07) is 16.7. The monoisotopic (exact) mass is 329 g/mol. The SMILES string of the molecule is Cn1nc(CNCc2cccc(Br)c2)c2ccccc21. The zero-order valence-electron chi connectivity index (χ0n) is 11.3. The van der Waals surface area contributed by atoms with E-state index in [4.69, 9.17) is 0 Å². The second-order valence-electron chi connectivity index (χ2n) is 4.82. The van der Waals surface area contributed by atoms with Crippen molar-refractivity contribution in [2.75, 3.05) is 0 Å². The van der Waals surface area contributed by atoms with Crippen molar-refractivity contribution in [3.63, 3.8) is 0 Å². The average molecular weight is 330 g/mol. The van der Waals surface area contributed by atoms with Gasteiger partial charge in [-0.15, -0.1) is 0 Å². The zero-order chi connectivity index (χ0) is 13.9. The molecule has 1 heterocycles. The molecule has 102 valence electrons. The minimum absolute atomic E-state index is 0.772. The molecule has 0 aliphatic rings. The van der Waals surface area contributed by atoms with Gasteiger partial charge in [0, 0.05) is 30.0 Å². The van der Waals surface area contributed by atoms with Crippen molar-refractivity contribution in [3.05, 3.63) is 64.3 Å². The highest BCUT2D eigenvalue weighted by atomic mass is 79.9. The van der Waals surface area contributed by atoms with E-state index in [9.17, 15) is 0 Å². The molecule has 4 heteroatoms. The first-order valence-corrected chi connectivity index (χ1v) is 7.39. The van der Waals surface area contributed by atoms with Gasteiger partial charge in [0.1, 0.15) is 0 Å². The lowest BCUT2D eigenvalue weighted by molar-refractivity contribution is 0.661. The first-order valence-electron chi connectivity index (χ1n) is 6.60. The van der Waals surface area contributed by atoms with Crippen molar-refractivity contribution in [2.45, 2.75) is 13.1 Å². The molecule has 0 fully saturated rings. The van der Waals surface area contributed by atoms with Gasteiger partial charge in [0.25, 0.3) is 0 Å². The maximum atomic E-state index is 4.58. The van der Waals surface area contributed by atoms with Crippen LogP contribution in [-0.2, 0) is 20.1 Å². The summed E-state index contributed by atoms with van der Waals surface area (Å²) in [6.07, 6.45) is 0. The van der Waals surface area contributed by atoms with E-state index >= 15 is 0 Å². The Labute approximate surface area is 126 Å². The number of nitrogens with one attached hydrogen (secondary N) is 1. The first-order chi connectivity index (χ1) is 9.74. The number of fused-ring (bicyclic) bond motifs is 1. The molecule has 3 rings (SSSR count). The molecular weight excluding hydrogens is 314 g/mol. The third-order valence-electron chi connectivity index (χ3n) is 3.34. The molecule has 0 saturated carbocycles. The van der Waals surface area contributed by atoms with E-state index in [-0.39, 0.29) is 0 Å². The molecule has 0 aliphatic carbocycles. The second-order valence-corrected chi connectivity index (χ2v) is 5.74. The van der Waals surface area contributed by atoms with Crippen molar-refractivity contribution >= 4 is 26.8 Å². The number of rotatable bonds is 4. The Morgan fingerprint density at radius 3 is 2.80 bits per heavy atom. The fourth-order valence-corrected chi connectivity index (χ4v) is 2.84. The van der Waals surface area contributed by atoms with E-state index in [0.29, 0.717) is 0 Å². The Balaban J connectivity index is 1.71. The van der Waals surface area contributed by atoms with Crippen LogP contribution in [-0.4, -0.2) is 9.78 Å². The van der Waals surface area contributed by atoms with Crippen molar-refractivity contribution in [1.82, 2.24) is 15.1 Å². The molecule has 0 aliphatic heterocycles. The van der Waals surface area contributed by atoms with E-state index in [2.05, 4.69) is 62.7 Å². The van der Waals surface area contributed by atoms with Gasteiger partial charge in [0.15, 0.2) is 0 Å². The van der Waals surface area contributed by atoms with Gasteiger partial charge in [-0.2, -0.15) is 5.10 Å². The van der Waals surface area contributed by atoms with Crippen LogP contribution in [0, 0.1) is 0 Å². The second kappa shape index (κ2) is 5.77. The quantitative estimate of drug-likeness (QED) is 0.792. The molecule has 0 amide bonds. The molecule has 3 nitrogen and oxygen atoms in total. The number of aromatic nitrogens is 2. The minimum atomic E-state index is 0.772. The van der Waals surface area contributed by atoms with E-state index < -0.39 is 0 Å². The molecule has 0 spiro atoms. The maximum absolute atomic E-state index is 4.58. The summed E-state index contributed by atoms with van der Waals surface area (Å²) < 4.78 is 3.05. The zero-order valence-corrected chi connectivity index (χ0v) is 12.9. The van der Waals surface area contributed by atoms with Gasteiger partial charge in [-0.1, -0.05) is 46.3 Å². The number of nitrogens with zero attached hydrogens (tertiary/aromatic N) is 2. The Kier molecular flexibility index (Phi) is 3.85. The Hall–Kier alpha value is -1.65. The fraction of sp³-hybridized carbons (Fsp3) is 0.188. The van der Waals surface area contributed by atoms with Crippen molar-refractivity contribution < 1.29 is 0 Å². The molecule has 3 aromatic rings. The molecule has 1 aromatic heterocycles. The van der Waals surface area contributed by atoms with E-state index in [0.717, 1.165) is 23.3 Å². The lowest BCUT2D eigenvalue weighted by Gasteiger charge is -2.04. The summed E-state index contributed by atoms with van der Waals surface area (Å²) in [4.78, 5) is 0. The highest BCUT2D eigenvalue weighted by molar-refractivity contribution is 9.10. The van der Waals surface area contributed by atoms with Gasteiger partial charge in [-0.25, -0.2) is 0 Å². The van der Waals surface area contributed by atoms with Gasteiger partial charge in [-0.3, -0.25) is 4.68 Å². The smallest absolute Gasteiger partial charge is 0.0841 e. The lowest BCUT2D eigenvalue weighted by atomic mass is 10.2. The van der Waals surface area contributed by atoms with Gasteiger partial charge in [-0.05, 0) is 23.8 Å². The van der Waals surface area contributed by atoms with Crippen LogP contribution in [0.4, 0.5) is 0 Å². The van der Waals surface area contributed by atoms with Crippen LogP contribution in [0.25, 0.3) is 10.9 Å². The van der Waals surface area contributed by atoms with E-state index in [1.54, 1.807) is 0 Å². The Bertz CT molecular complexity index is 733. The summed E-state index contributed by atoms with van der Waals surface area (Å²) in [7, 11) is 1.99. The van der Waals surface area contributed by atoms with Gasteiger partial charge < -0.3 is 5.32 Å². The number of aryl methyl sites for hydroxylation is 1. The third kappa shape index (κ3) is 2.76. The molecule has 0 atom stereocenters. The standard InChI is InChI=1S/C16H16BrN3/c1-20-16-8-3-2-7-14(16)15(19-20)11-18-10-12-5-4-6-13(17)9-12/h2-9,18H,10-11H2,1H3. The average Bonchev–Trinajstić information content (AvgIpc) is 2.77. The number of para-hydroxylation sites is 1. The molecule has 1 N–H and O–H groups in total. The summed E-state index contributed by atoms with van der Waals surface area (Å²) >= 11 is 3.49. The highest BCUT2D eigenvalue weighted by Gasteiger charge is 2.06. The Morgan fingerprint density at radius 2 is 1.95 bits per heavy atom. The molecule has 20 heavy (non-hydrogen) atoms. The Morgan fingerprint density at radius 1 is 1.10 bits per heavy atom. The number of halogens is 1. The highest BCUT2D eigenvalue weighted by Crippen LogP contribution is 2.17. The van der Waals surface area contributed by atoms with E-state index in [1.807, 2.05) is 23.9 Å². The third-order valence-corrected chi connectivity index (χ3v) is 3.84. The van der Waals surface area contributed by atoms with Crippen molar-refractivity contribution in [2.24, 2.45) is 7.05 Å². The number of benzene rings is 2. The largest absolute Gasteiger partial charge is 0.307 e. The van der Waals surface area contributed by atoms with Crippen LogP contribution >= 0.6 is 15.9 Å². The van der Waals surface area contributed by atoms with Crippen LogP contribution in [0.5, 0.6) is 0 Å². The van der Waals surface area contributed by atoms with Gasteiger partial charge in [0.05, 0.1) is 11.2 Å². The van der Waals surface area contributed by atoms with Crippen LogP contribution in [0.15, 0.2) is 53.0 Å². The summed E-state index contributed by atoms with van der Waals surface area (Å²) in [5.74, 6) is 0. The van der Waals surface area contributed by atoms with Crippen molar-refractivity contribution in [3.8, 4) is 0 Å². The minimum Gasteiger partial charge on any atom is -0.307 e. The summed E-state index contributed by atoms with van der Waals surface area (Å²) in [5, 5.41) is 9.26. The predicted octanol–water partition coefficient (Wildman–Crippen LogP) is 3.63. The number of hydrogen-bond donors (Lipinski definition) is 1. The van der Waals surface area contributed by atoms with Crippen LogP contribution in [0.1, 0.15) is 11.3 Å². The lowest BCUT2D eigenvalue weighted by Crippen LogP contribution is -2.13. The van der Waals surface area contributed by atoms with Crippen LogP contribution in [0.2, 0.25) is 0 Å². The van der Waals surface area contributed by atoms with Crippen molar-refractivity contribution in [1.29, 1.82) is 0 Å². The van der Waals surface area contributed by atoms with Gasteiger partial charge in [0.2, 0.25) is 0 Å². The first kappa shape index (κ1) is 13.3. The molecular formula is C16H16BrN3. The van der Waals surface area contributed by atoms with Crippen LogP contribution in [0.3, 0.4) is 0 Å². The normalized spacial score (nSPS) is 11.1. The predicted molar refractivity (Wildman–Crippen MR) is 85.4 cm³/mol. The molecule has 0 unspecified atom stereocenters. The molecule has 0 saturated heterocycles. The number of hydrogen-bond acceptors (Lipinski definition) is 2. The molecule has 0 radical (unpaired) electrons. The fourth-order valence-electron chi connectivity index (χ4n) is 2.39. The van der Waals surface area contributed by atoms with E-state index in [1.165, 1.54) is 16.5 Å². The summed E-state index contributed by atoms with van der Waals surface area (Å²) in [5.41, 5.74) is 3.53. The topological polar surface area (TPSA) is 29.9 Å². The molecule has 2 aromatic carbocycles. The van der Waals surface area contributed by atoms with Crippen LogP contribution < -0.4 is 5.32 Å². The maximum Gasteiger partial charge on any atom is 0.0841 e. The van der Waals surface area contributed by atoms with Gasteiger partial charge >= 0.3 is 0 Å².